The fourth-order valence-electron chi connectivity index (χ4n) is 2.06. The van der Waals surface area contributed by atoms with Gasteiger partial charge in [-0.2, -0.15) is 5.26 Å². The fourth-order valence-corrected chi connectivity index (χ4v) is 2.06. The maximum absolute atomic E-state index is 11.8. The smallest absolute Gasteiger partial charge is 0.319 e. The molecule has 6 nitrogen and oxygen atoms in total. The molecule has 0 unspecified atom stereocenters. The summed E-state index contributed by atoms with van der Waals surface area (Å²) in [6.45, 7) is 2.62. The lowest BCUT2D eigenvalue weighted by molar-refractivity contribution is 0.246. The molecule has 0 aliphatic carbocycles. The van der Waals surface area contributed by atoms with Gasteiger partial charge in [0.25, 0.3) is 0 Å². The zero-order valence-corrected chi connectivity index (χ0v) is 13.6. The molecule has 6 heteroatoms. The molecule has 0 aromatic heterocycles. The number of nitrogens with zero attached hydrogens (tertiary/aromatic N) is 1. The Morgan fingerprint density at radius 1 is 1.21 bits per heavy atom. The molecule has 0 heterocycles. The number of benzene rings is 2. The Bertz CT molecular complexity index is 753. The summed E-state index contributed by atoms with van der Waals surface area (Å²) in [6.07, 6.45) is 0. The quantitative estimate of drug-likeness (QED) is 0.800. The minimum absolute atomic E-state index is 0.311. The predicted molar refractivity (Wildman–Crippen MR) is 91.4 cm³/mol. The van der Waals surface area contributed by atoms with Gasteiger partial charge in [0.1, 0.15) is 6.61 Å². The molecule has 0 saturated heterocycles. The van der Waals surface area contributed by atoms with Crippen LogP contribution in [0, 0.1) is 18.3 Å². The van der Waals surface area contributed by atoms with Gasteiger partial charge in [-0.05, 0) is 42.8 Å². The van der Waals surface area contributed by atoms with E-state index in [1.807, 2.05) is 31.2 Å². The van der Waals surface area contributed by atoms with E-state index >= 15 is 0 Å². The van der Waals surface area contributed by atoms with Crippen molar-refractivity contribution in [1.82, 2.24) is 5.32 Å². The molecule has 2 rings (SSSR count). The maximum atomic E-state index is 11.8. The van der Waals surface area contributed by atoms with E-state index in [1.54, 1.807) is 31.4 Å². The van der Waals surface area contributed by atoms with Crippen molar-refractivity contribution in [2.75, 3.05) is 25.6 Å². The van der Waals surface area contributed by atoms with E-state index in [9.17, 15) is 4.79 Å². The molecule has 0 bridgehead atoms. The Kier molecular flexibility index (Phi) is 6.03. The second-order valence-electron chi connectivity index (χ2n) is 5.08. The molecule has 2 N–H and O–H groups in total. The minimum Gasteiger partial charge on any atom is -0.493 e. The number of carbonyl (C=O) groups is 1. The molecule has 24 heavy (non-hydrogen) atoms. The Morgan fingerprint density at radius 2 is 2.04 bits per heavy atom. The summed E-state index contributed by atoms with van der Waals surface area (Å²) in [5.41, 5.74) is 2.13. The summed E-state index contributed by atoms with van der Waals surface area (Å²) >= 11 is 0. The van der Waals surface area contributed by atoms with Crippen LogP contribution in [0.3, 0.4) is 0 Å². The topological polar surface area (TPSA) is 83.4 Å². The molecule has 0 saturated carbocycles. The Labute approximate surface area is 141 Å². The van der Waals surface area contributed by atoms with E-state index in [4.69, 9.17) is 14.7 Å². The van der Waals surface area contributed by atoms with Crippen LogP contribution >= 0.6 is 0 Å². The normalized spacial score (nSPS) is 9.71. The number of ether oxygens (including phenoxy) is 2. The van der Waals surface area contributed by atoms with Gasteiger partial charge in [0.15, 0.2) is 11.5 Å². The number of amides is 2. The van der Waals surface area contributed by atoms with E-state index in [0.29, 0.717) is 35.9 Å². The lowest BCUT2D eigenvalue weighted by Crippen LogP contribution is -2.32. The van der Waals surface area contributed by atoms with Crippen LogP contribution in [-0.4, -0.2) is 26.3 Å². The van der Waals surface area contributed by atoms with E-state index in [0.717, 1.165) is 5.56 Å². The molecule has 0 atom stereocenters. The van der Waals surface area contributed by atoms with Crippen LogP contribution in [0.5, 0.6) is 11.5 Å². The van der Waals surface area contributed by atoms with E-state index < -0.39 is 0 Å². The molecule has 2 aromatic rings. The SMILES string of the molecule is COc1cc(C)ccc1OCCNC(=O)Nc1cccc(C#N)c1. The van der Waals surface area contributed by atoms with Gasteiger partial charge in [-0.25, -0.2) is 4.79 Å². The third-order valence-electron chi connectivity index (χ3n) is 3.21. The summed E-state index contributed by atoms with van der Waals surface area (Å²) in [5.74, 6) is 1.29. The number of rotatable bonds is 6. The Morgan fingerprint density at radius 3 is 2.79 bits per heavy atom. The van der Waals surface area contributed by atoms with Crippen LogP contribution in [-0.2, 0) is 0 Å². The zero-order valence-electron chi connectivity index (χ0n) is 13.6. The largest absolute Gasteiger partial charge is 0.493 e. The van der Waals surface area contributed by atoms with Crippen molar-refractivity contribution < 1.29 is 14.3 Å². The van der Waals surface area contributed by atoms with Crippen molar-refractivity contribution in [1.29, 1.82) is 5.26 Å². The van der Waals surface area contributed by atoms with Gasteiger partial charge in [0.2, 0.25) is 0 Å². The first kappa shape index (κ1) is 17.2. The molecule has 0 fully saturated rings. The molecule has 2 amide bonds. The highest BCUT2D eigenvalue weighted by atomic mass is 16.5. The first-order valence-electron chi connectivity index (χ1n) is 7.45. The van der Waals surface area contributed by atoms with E-state index in [2.05, 4.69) is 10.6 Å². The highest BCUT2D eigenvalue weighted by Gasteiger charge is 2.05. The van der Waals surface area contributed by atoms with Gasteiger partial charge in [-0.3, -0.25) is 0 Å². The second kappa shape index (κ2) is 8.44. The number of carbonyl (C=O) groups excluding carboxylic acids is 1. The van der Waals surface area contributed by atoms with Crippen LogP contribution in [0.15, 0.2) is 42.5 Å². The molecular weight excluding hydrogens is 306 g/mol. The molecule has 124 valence electrons. The van der Waals surface area contributed by atoms with Crippen LogP contribution in [0.25, 0.3) is 0 Å². The molecule has 0 aliphatic heterocycles. The minimum atomic E-state index is -0.357. The first-order chi connectivity index (χ1) is 11.6. The van der Waals surface area contributed by atoms with Gasteiger partial charge < -0.3 is 20.1 Å². The van der Waals surface area contributed by atoms with Crippen LogP contribution in [0.2, 0.25) is 0 Å². The maximum Gasteiger partial charge on any atom is 0.319 e. The summed E-state index contributed by atoms with van der Waals surface area (Å²) in [5, 5.41) is 14.2. The highest BCUT2D eigenvalue weighted by molar-refractivity contribution is 5.89. The Balaban J connectivity index is 1.78. The number of urea groups is 1. The van der Waals surface area contributed by atoms with E-state index in [1.165, 1.54) is 0 Å². The average molecular weight is 325 g/mol. The summed E-state index contributed by atoms with van der Waals surface area (Å²) in [6, 6.07) is 14.0. The highest BCUT2D eigenvalue weighted by Crippen LogP contribution is 2.27. The number of hydrogen-bond acceptors (Lipinski definition) is 4. The van der Waals surface area contributed by atoms with Gasteiger partial charge in [-0.1, -0.05) is 12.1 Å². The molecule has 0 spiro atoms. The van der Waals surface area contributed by atoms with Crippen molar-refractivity contribution in [2.24, 2.45) is 0 Å². The molecule has 0 radical (unpaired) electrons. The zero-order chi connectivity index (χ0) is 17.4. The average Bonchev–Trinajstić information content (AvgIpc) is 2.59. The lowest BCUT2D eigenvalue weighted by atomic mass is 10.2. The third kappa shape index (κ3) is 4.92. The van der Waals surface area contributed by atoms with Crippen molar-refractivity contribution in [2.45, 2.75) is 6.92 Å². The summed E-state index contributed by atoms with van der Waals surface area (Å²) in [7, 11) is 1.59. The third-order valence-corrected chi connectivity index (χ3v) is 3.21. The lowest BCUT2D eigenvalue weighted by Gasteiger charge is -2.12. The second-order valence-corrected chi connectivity index (χ2v) is 5.08. The van der Waals surface area contributed by atoms with Crippen molar-refractivity contribution in [3.63, 3.8) is 0 Å². The van der Waals surface area contributed by atoms with Crippen LogP contribution in [0.1, 0.15) is 11.1 Å². The van der Waals surface area contributed by atoms with Gasteiger partial charge in [0.05, 0.1) is 25.3 Å². The standard InChI is InChI=1S/C18H19N3O3/c1-13-6-7-16(17(10-13)23-2)24-9-8-20-18(22)21-15-5-3-4-14(11-15)12-19/h3-7,10-11H,8-9H2,1-2H3,(H2,20,21,22). The van der Waals surface area contributed by atoms with Crippen molar-refractivity contribution >= 4 is 11.7 Å². The fraction of sp³-hybridized carbons (Fsp3) is 0.222. The molecule has 0 aliphatic rings. The number of anilines is 1. The van der Waals surface area contributed by atoms with Gasteiger partial charge >= 0.3 is 6.03 Å². The van der Waals surface area contributed by atoms with E-state index in [-0.39, 0.29) is 6.03 Å². The summed E-state index contributed by atoms with van der Waals surface area (Å²) < 4.78 is 10.9. The summed E-state index contributed by atoms with van der Waals surface area (Å²) in [4.78, 5) is 11.8. The number of nitrogens with one attached hydrogen (secondary N) is 2. The molecular formula is C18H19N3O3. The Hall–Kier alpha value is -3.20. The van der Waals surface area contributed by atoms with Gasteiger partial charge in [0, 0.05) is 5.69 Å². The number of nitriles is 1. The monoisotopic (exact) mass is 325 g/mol. The number of aryl methyl sites for hydroxylation is 1. The van der Waals surface area contributed by atoms with Crippen molar-refractivity contribution in [3.05, 3.63) is 53.6 Å². The first-order valence-corrected chi connectivity index (χ1v) is 7.45. The van der Waals surface area contributed by atoms with Gasteiger partial charge in [-0.15, -0.1) is 0 Å². The van der Waals surface area contributed by atoms with Crippen LogP contribution in [0.4, 0.5) is 10.5 Å². The predicted octanol–water partition coefficient (Wildman–Crippen LogP) is 3.08. The van der Waals surface area contributed by atoms with Crippen LogP contribution < -0.4 is 20.1 Å². The molecule has 2 aromatic carbocycles. The number of hydrogen-bond donors (Lipinski definition) is 2. The number of methoxy groups -OCH3 is 1. The van der Waals surface area contributed by atoms with Crippen molar-refractivity contribution in [3.8, 4) is 17.6 Å².